The van der Waals surface area contributed by atoms with Crippen molar-refractivity contribution in [3.63, 3.8) is 0 Å². The number of ether oxygens (including phenoxy) is 1. The summed E-state index contributed by atoms with van der Waals surface area (Å²) in [4.78, 5) is 25.3. The molecule has 0 aliphatic carbocycles. The van der Waals surface area contributed by atoms with Crippen LogP contribution >= 0.6 is 0 Å². The Labute approximate surface area is 108 Å². The monoisotopic (exact) mass is 257 g/mol. The van der Waals surface area contributed by atoms with Gasteiger partial charge in [-0.3, -0.25) is 9.59 Å². The Kier molecular flexibility index (Phi) is 5.55. The molecule has 1 rings (SSSR count). The predicted molar refractivity (Wildman–Crippen MR) is 68.1 cm³/mol. The molecule has 6 nitrogen and oxygen atoms in total. The highest BCUT2D eigenvalue weighted by Gasteiger charge is 2.41. The minimum atomic E-state index is -0.483. The van der Waals surface area contributed by atoms with Crippen molar-refractivity contribution in [3.05, 3.63) is 0 Å². The van der Waals surface area contributed by atoms with Crippen LogP contribution in [-0.2, 0) is 14.3 Å². The van der Waals surface area contributed by atoms with Crippen molar-refractivity contribution in [1.29, 1.82) is 0 Å². The minimum absolute atomic E-state index is 0.00514. The van der Waals surface area contributed by atoms with Gasteiger partial charge in [0.15, 0.2) is 0 Å². The average Bonchev–Trinajstić information content (AvgIpc) is 2.39. The number of hydrogen-bond donors (Lipinski definition) is 2. The van der Waals surface area contributed by atoms with Crippen LogP contribution < -0.4 is 10.6 Å². The highest BCUT2D eigenvalue weighted by molar-refractivity contribution is 5.87. The second-order valence-corrected chi connectivity index (χ2v) is 4.80. The van der Waals surface area contributed by atoms with E-state index in [0.29, 0.717) is 6.61 Å². The molecule has 0 aromatic heterocycles. The van der Waals surface area contributed by atoms with E-state index < -0.39 is 5.41 Å². The first kappa shape index (κ1) is 14.9. The van der Waals surface area contributed by atoms with Gasteiger partial charge in [0.25, 0.3) is 0 Å². The molecule has 6 heteroatoms. The first-order chi connectivity index (χ1) is 8.55. The van der Waals surface area contributed by atoms with Crippen LogP contribution in [-0.4, -0.2) is 64.2 Å². The molecular weight excluding hydrogens is 234 g/mol. The number of carbonyl (C=O) groups excluding carboxylic acids is 2. The van der Waals surface area contributed by atoms with Crippen molar-refractivity contribution in [2.45, 2.75) is 12.8 Å². The molecule has 0 atom stereocenters. The molecule has 1 aliphatic heterocycles. The average molecular weight is 257 g/mol. The third-order valence-corrected chi connectivity index (χ3v) is 3.44. The topological polar surface area (TPSA) is 70.7 Å². The number of methoxy groups -OCH3 is 1. The lowest BCUT2D eigenvalue weighted by Crippen LogP contribution is -2.52. The highest BCUT2D eigenvalue weighted by Crippen LogP contribution is 2.31. The van der Waals surface area contributed by atoms with Gasteiger partial charge >= 0.3 is 0 Å². The lowest BCUT2D eigenvalue weighted by atomic mass is 9.78. The van der Waals surface area contributed by atoms with Gasteiger partial charge in [-0.15, -0.1) is 0 Å². The third kappa shape index (κ3) is 3.43. The van der Waals surface area contributed by atoms with Crippen LogP contribution in [0, 0.1) is 5.41 Å². The van der Waals surface area contributed by atoms with Crippen LogP contribution in [0.5, 0.6) is 0 Å². The molecule has 2 amide bonds. The second kappa shape index (κ2) is 6.70. The SMILES string of the molecule is CNC(=O)CN(C)C(=O)C1(COC)CCNCC1. The summed E-state index contributed by atoms with van der Waals surface area (Å²) >= 11 is 0. The van der Waals surface area contributed by atoms with E-state index in [1.54, 1.807) is 21.2 Å². The number of likely N-dealkylation sites (N-methyl/N-ethyl adjacent to an activating group) is 2. The highest BCUT2D eigenvalue weighted by atomic mass is 16.5. The number of hydrogen-bond acceptors (Lipinski definition) is 4. The Morgan fingerprint density at radius 2 is 2.00 bits per heavy atom. The summed E-state index contributed by atoms with van der Waals surface area (Å²) in [6.45, 7) is 2.12. The second-order valence-electron chi connectivity index (χ2n) is 4.80. The molecule has 0 unspecified atom stereocenters. The van der Waals surface area contributed by atoms with Crippen molar-refractivity contribution >= 4 is 11.8 Å². The van der Waals surface area contributed by atoms with Gasteiger partial charge in [0, 0.05) is 21.2 Å². The fourth-order valence-corrected chi connectivity index (χ4v) is 2.37. The van der Waals surface area contributed by atoms with E-state index in [1.807, 2.05) is 0 Å². The Morgan fingerprint density at radius 1 is 1.39 bits per heavy atom. The molecule has 0 aromatic rings. The molecule has 2 N–H and O–H groups in total. The smallest absolute Gasteiger partial charge is 0.239 e. The van der Waals surface area contributed by atoms with Crippen LogP contribution in [0.25, 0.3) is 0 Å². The summed E-state index contributed by atoms with van der Waals surface area (Å²) in [6.07, 6.45) is 1.50. The summed E-state index contributed by atoms with van der Waals surface area (Å²) in [6, 6.07) is 0. The summed E-state index contributed by atoms with van der Waals surface area (Å²) in [5.74, 6) is -0.165. The van der Waals surface area contributed by atoms with Gasteiger partial charge in [-0.05, 0) is 25.9 Å². The summed E-state index contributed by atoms with van der Waals surface area (Å²) in [5, 5.41) is 5.76. The number of piperidine rings is 1. The zero-order valence-corrected chi connectivity index (χ0v) is 11.4. The van der Waals surface area contributed by atoms with Crippen LogP contribution in [0.15, 0.2) is 0 Å². The minimum Gasteiger partial charge on any atom is -0.384 e. The summed E-state index contributed by atoms with van der Waals surface area (Å²) in [5.41, 5.74) is -0.483. The van der Waals surface area contributed by atoms with Crippen molar-refractivity contribution < 1.29 is 14.3 Å². The van der Waals surface area contributed by atoms with Crippen LogP contribution in [0.1, 0.15) is 12.8 Å². The quantitative estimate of drug-likeness (QED) is 0.677. The van der Waals surface area contributed by atoms with Gasteiger partial charge in [0.05, 0.1) is 18.6 Å². The number of rotatable bonds is 5. The summed E-state index contributed by atoms with van der Waals surface area (Å²) in [7, 11) is 4.84. The van der Waals surface area contributed by atoms with Crippen LogP contribution in [0.4, 0.5) is 0 Å². The van der Waals surface area contributed by atoms with Crippen LogP contribution in [0.3, 0.4) is 0 Å². The molecule has 0 spiro atoms. The van der Waals surface area contributed by atoms with Gasteiger partial charge in [-0.25, -0.2) is 0 Å². The lowest BCUT2D eigenvalue weighted by molar-refractivity contribution is -0.148. The molecule has 1 aliphatic rings. The number of amides is 2. The number of carbonyl (C=O) groups is 2. The third-order valence-electron chi connectivity index (χ3n) is 3.44. The van der Waals surface area contributed by atoms with E-state index >= 15 is 0 Å². The molecule has 104 valence electrons. The molecule has 1 heterocycles. The normalized spacial score (nSPS) is 18.2. The molecule has 0 aromatic carbocycles. The fraction of sp³-hybridized carbons (Fsp3) is 0.833. The van der Waals surface area contributed by atoms with Crippen molar-refractivity contribution in [2.75, 3.05) is 47.4 Å². The van der Waals surface area contributed by atoms with Crippen molar-refractivity contribution in [2.24, 2.45) is 5.41 Å². The molecular formula is C12H23N3O3. The Balaban J connectivity index is 2.72. The maximum Gasteiger partial charge on any atom is 0.239 e. The van der Waals surface area contributed by atoms with Crippen molar-refractivity contribution in [3.8, 4) is 0 Å². The molecule has 0 radical (unpaired) electrons. The van der Waals surface area contributed by atoms with E-state index in [2.05, 4.69) is 10.6 Å². The Hall–Kier alpha value is -1.14. The van der Waals surface area contributed by atoms with Crippen LogP contribution in [0.2, 0.25) is 0 Å². The van der Waals surface area contributed by atoms with E-state index in [0.717, 1.165) is 25.9 Å². The Morgan fingerprint density at radius 3 is 2.50 bits per heavy atom. The zero-order chi connectivity index (χ0) is 13.6. The standard InChI is InChI=1S/C12H23N3O3/c1-13-10(16)8-15(2)11(17)12(9-18-3)4-6-14-7-5-12/h14H,4-9H2,1-3H3,(H,13,16). The molecule has 0 bridgehead atoms. The zero-order valence-electron chi connectivity index (χ0n) is 11.4. The van der Waals surface area contributed by atoms with Gasteiger partial charge in [0.1, 0.15) is 0 Å². The number of nitrogens with one attached hydrogen (secondary N) is 2. The van der Waals surface area contributed by atoms with E-state index in [4.69, 9.17) is 4.74 Å². The lowest BCUT2D eigenvalue weighted by Gasteiger charge is -2.38. The summed E-state index contributed by atoms with van der Waals surface area (Å²) < 4.78 is 5.21. The number of nitrogens with zero attached hydrogens (tertiary/aromatic N) is 1. The van der Waals surface area contributed by atoms with Gasteiger partial charge < -0.3 is 20.3 Å². The fourth-order valence-electron chi connectivity index (χ4n) is 2.37. The molecule has 1 fully saturated rings. The largest absolute Gasteiger partial charge is 0.384 e. The first-order valence-corrected chi connectivity index (χ1v) is 6.21. The maximum absolute atomic E-state index is 12.5. The van der Waals surface area contributed by atoms with E-state index in [9.17, 15) is 9.59 Å². The Bertz CT molecular complexity index is 295. The van der Waals surface area contributed by atoms with Gasteiger partial charge in [0.2, 0.25) is 11.8 Å². The first-order valence-electron chi connectivity index (χ1n) is 6.21. The molecule has 18 heavy (non-hydrogen) atoms. The predicted octanol–water partition coefficient (Wildman–Crippen LogP) is -0.793. The maximum atomic E-state index is 12.5. The van der Waals surface area contributed by atoms with Gasteiger partial charge in [-0.2, -0.15) is 0 Å². The van der Waals surface area contributed by atoms with Gasteiger partial charge in [-0.1, -0.05) is 0 Å². The van der Waals surface area contributed by atoms with E-state index in [-0.39, 0.29) is 18.4 Å². The van der Waals surface area contributed by atoms with E-state index in [1.165, 1.54) is 4.90 Å². The van der Waals surface area contributed by atoms with Crippen molar-refractivity contribution in [1.82, 2.24) is 15.5 Å². The molecule has 0 saturated carbocycles. The molecule has 1 saturated heterocycles.